The number of hydrogen-bond donors (Lipinski definition) is 1. The first-order valence-corrected chi connectivity index (χ1v) is 11.0. The molecule has 0 aliphatic heterocycles. The number of rotatable bonds is 6. The van der Waals surface area contributed by atoms with Crippen molar-refractivity contribution in [1.82, 2.24) is 9.55 Å². The van der Waals surface area contributed by atoms with Gasteiger partial charge in [-0.2, -0.15) is 0 Å². The van der Waals surface area contributed by atoms with Gasteiger partial charge in [0, 0.05) is 16.1 Å². The van der Waals surface area contributed by atoms with Crippen LogP contribution >= 0.6 is 11.3 Å². The Hall–Kier alpha value is -3.85. The summed E-state index contributed by atoms with van der Waals surface area (Å²) in [5.41, 5.74) is 1.75. The van der Waals surface area contributed by atoms with Crippen molar-refractivity contribution in [1.29, 1.82) is 0 Å². The van der Waals surface area contributed by atoms with E-state index in [0.29, 0.717) is 32.6 Å². The molecule has 1 N–H and O–H groups in total. The molecule has 0 atom stereocenters. The van der Waals surface area contributed by atoms with Gasteiger partial charge in [0.2, 0.25) is 5.91 Å². The van der Waals surface area contributed by atoms with E-state index in [2.05, 4.69) is 10.3 Å². The molecule has 0 unspecified atom stereocenters. The van der Waals surface area contributed by atoms with Gasteiger partial charge in [-0.25, -0.2) is 14.2 Å². The number of anilines is 1. The predicted molar refractivity (Wildman–Crippen MR) is 125 cm³/mol. The van der Waals surface area contributed by atoms with Crippen LogP contribution in [0, 0.1) is 12.7 Å². The topological polar surface area (TPSA) is 90.3 Å². The molecular weight excluding hydrogens is 445 g/mol. The molecule has 4 rings (SSSR count). The van der Waals surface area contributed by atoms with Gasteiger partial charge in [-0.1, -0.05) is 18.2 Å². The van der Waals surface area contributed by atoms with E-state index < -0.39 is 11.9 Å². The molecule has 9 heteroatoms. The number of aromatic nitrogens is 2. The molecule has 168 valence electrons. The first kappa shape index (κ1) is 22.3. The van der Waals surface area contributed by atoms with E-state index in [1.807, 2.05) is 6.92 Å². The monoisotopic (exact) mass is 465 g/mol. The molecule has 2 aromatic carbocycles. The molecule has 0 radical (unpaired) electrons. The molecule has 2 heterocycles. The molecule has 33 heavy (non-hydrogen) atoms. The Balaban J connectivity index is 1.61. The Morgan fingerprint density at radius 2 is 1.94 bits per heavy atom. The molecular formula is C24H20FN3O4S. The highest BCUT2D eigenvalue weighted by Crippen LogP contribution is 2.35. The fourth-order valence-corrected chi connectivity index (χ4v) is 4.51. The van der Waals surface area contributed by atoms with Crippen LogP contribution in [0.2, 0.25) is 0 Å². The fourth-order valence-electron chi connectivity index (χ4n) is 3.51. The minimum atomic E-state index is -0.486. The smallest absolute Gasteiger partial charge is 0.338 e. The Morgan fingerprint density at radius 3 is 2.67 bits per heavy atom. The van der Waals surface area contributed by atoms with Crippen LogP contribution in [-0.2, 0) is 16.1 Å². The first-order valence-electron chi connectivity index (χ1n) is 10.2. The lowest BCUT2D eigenvalue weighted by molar-refractivity contribution is -0.116. The number of ether oxygens (including phenoxy) is 1. The van der Waals surface area contributed by atoms with Gasteiger partial charge in [-0.15, -0.1) is 11.3 Å². The standard InChI is InChI=1S/C24H20FN3O4S/c1-3-32-24(31)16-5-4-6-18(11-16)27-19(29)12-28-13-26-22-21(23(28)30)20(14(2)33-22)15-7-9-17(25)10-8-15/h4-11,13H,3,12H2,1-2H3,(H,27,29). The van der Waals surface area contributed by atoms with Gasteiger partial charge in [0.25, 0.3) is 5.56 Å². The fraction of sp³-hybridized carbons (Fsp3) is 0.167. The SMILES string of the molecule is CCOC(=O)c1cccc(NC(=O)Cn2cnc3sc(C)c(-c4ccc(F)cc4)c3c2=O)c1. The number of fused-ring (bicyclic) bond motifs is 1. The first-order chi connectivity index (χ1) is 15.9. The van der Waals surface area contributed by atoms with Crippen molar-refractivity contribution in [3.63, 3.8) is 0 Å². The summed E-state index contributed by atoms with van der Waals surface area (Å²) in [7, 11) is 0. The third-order valence-electron chi connectivity index (χ3n) is 4.96. The maximum atomic E-state index is 13.4. The second-order valence-corrected chi connectivity index (χ2v) is 8.45. The summed E-state index contributed by atoms with van der Waals surface area (Å²) in [6.45, 7) is 3.57. The zero-order chi connectivity index (χ0) is 23.5. The summed E-state index contributed by atoms with van der Waals surface area (Å²) < 4.78 is 19.6. The number of esters is 1. The zero-order valence-electron chi connectivity index (χ0n) is 17.9. The van der Waals surface area contributed by atoms with Crippen LogP contribution in [0.15, 0.2) is 59.7 Å². The zero-order valence-corrected chi connectivity index (χ0v) is 18.7. The van der Waals surface area contributed by atoms with E-state index in [0.717, 1.165) is 4.88 Å². The molecule has 2 aromatic heterocycles. The molecule has 7 nitrogen and oxygen atoms in total. The van der Waals surface area contributed by atoms with Crippen LogP contribution in [0.4, 0.5) is 10.1 Å². The van der Waals surface area contributed by atoms with Crippen LogP contribution < -0.4 is 10.9 Å². The highest BCUT2D eigenvalue weighted by atomic mass is 32.1. The van der Waals surface area contributed by atoms with Crippen molar-refractivity contribution in [2.24, 2.45) is 0 Å². The molecule has 4 aromatic rings. The largest absolute Gasteiger partial charge is 0.462 e. The molecule has 1 amide bonds. The van der Waals surface area contributed by atoms with E-state index in [9.17, 15) is 18.8 Å². The van der Waals surface area contributed by atoms with E-state index in [4.69, 9.17) is 4.74 Å². The molecule has 0 aliphatic carbocycles. The van der Waals surface area contributed by atoms with E-state index >= 15 is 0 Å². The average molecular weight is 466 g/mol. The van der Waals surface area contributed by atoms with Crippen molar-refractivity contribution in [3.8, 4) is 11.1 Å². The Bertz CT molecular complexity index is 1410. The summed E-state index contributed by atoms with van der Waals surface area (Å²) in [5, 5.41) is 3.08. The highest BCUT2D eigenvalue weighted by molar-refractivity contribution is 7.19. The van der Waals surface area contributed by atoms with Crippen LogP contribution in [0.1, 0.15) is 22.2 Å². The normalized spacial score (nSPS) is 10.9. The van der Waals surface area contributed by atoms with Crippen LogP contribution in [0.3, 0.4) is 0 Å². The minimum Gasteiger partial charge on any atom is -0.462 e. The second kappa shape index (κ2) is 9.33. The van der Waals surface area contributed by atoms with Gasteiger partial charge in [-0.3, -0.25) is 14.2 Å². The maximum Gasteiger partial charge on any atom is 0.338 e. The number of halogens is 1. The average Bonchev–Trinajstić information content (AvgIpc) is 3.13. The van der Waals surface area contributed by atoms with Crippen molar-refractivity contribution in [2.45, 2.75) is 20.4 Å². The third-order valence-corrected chi connectivity index (χ3v) is 5.97. The maximum absolute atomic E-state index is 13.4. The number of nitrogens with one attached hydrogen (secondary N) is 1. The van der Waals surface area contributed by atoms with E-state index in [1.54, 1.807) is 37.3 Å². The van der Waals surface area contributed by atoms with Gasteiger partial charge in [0.15, 0.2) is 0 Å². The Labute approximate surface area is 192 Å². The number of thiophene rings is 1. The molecule has 0 fully saturated rings. The Kier molecular flexibility index (Phi) is 6.32. The summed E-state index contributed by atoms with van der Waals surface area (Å²) in [6.07, 6.45) is 1.34. The minimum absolute atomic E-state index is 0.246. The number of benzene rings is 2. The van der Waals surface area contributed by atoms with Crippen molar-refractivity contribution >= 4 is 39.1 Å². The van der Waals surface area contributed by atoms with Gasteiger partial charge in [0.1, 0.15) is 17.2 Å². The number of carbonyl (C=O) groups is 2. The van der Waals surface area contributed by atoms with Gasteiger partial charge >= 0.3 is 5.97 Å². The molecule has 0 aliphatic rings. The summed E-state index contributed by atoms with van der Waals surface area (Å²) in [4.78, 5) is 43.5. The lowest BCUT2D eigenvalue weighted by Gasteiger charge is -2.09. The number of amides is 1. The summed E-state index contributed by atoms with van der Waals surface area (Å²) >= 11 is 1.37. The quantitative estimate of drug-likeness (QED) is 0.427. The number of hydrogen-bond acceptors (Lipinski definition) is 6. The summed E-state index contributed by atoms with van der Waals surface area (Å²) in [5.74, 6) is -1.30. The molecule has 0 bridgehead atoms. The van der Waals surface area contributed by atoms with Crippen molar-refractivity contribution in [2.75, 3.05) is 11.9 Å². The third kappa shape index (κ3) is 4.68. The van der Waals surface area contributed by atoms with Crippen LogP contribution in [0.25, 0.3) is 21.3 Å². The molecule has 0 saturated carbocycles. The lowest BCUT2D eigenvalue weighted by Crippen LogP contribution is -2.27. The molecule has 0 saturated heterocycles. The van der Waals surface area contributed by atoms with Crippen LogP contribution in [-0.4, -0.2) is 28.0 Å². The van der Waals surface area contributed by atoms with E-state index in [-0.39, 0.29) is 24.5 Å². The van der Waals surface area contributed by atoms with Gasteiger partial charge in [0.05, 0.1) is 23.9 Å². The van der Waals surface area contributed by atoms with Crippen LogP contribution in [0.5, 0.6) is 0 Å². The van der Waals surface area contributed by atoms with Gasteiger partial charge in [-0.05, 0) is 49.7 Å². The predicted octanol–water partition coefficient (Wildman–Crippen LogP) is 4.39. The summed E-state index contributed by atoms with van der Waals surface area (Å²) in [6, 6.07) is 12.3. The highest BCUT2D eigenvalue weighted by Gasteiger charge is 2.18. The number of aryl methyl sites for hydroxylation is 1. The number of carbonyl (C=O) groups excluding carboxylic acids is 2. The van der Waals surface area contributed by atoms with Gasteiger partial charge < -0.3 is 10.1 Å². The lowest BCUT2D eigenvalue weighted by atomic mass is 10.0. The van der Waals surface area contributed by atoms with Crippen molar-refractivity contribution < 1.29 is 18.7 Å². The second-order valence-electron chi connectivity index (χ2n) is 7.25. The molecule has 0 spiro atoms. The van der Waals surface area contributed by atoms with E-state index in [1.165, 1.54) is 40.4 Å². The number of nitrogens with zero attached hydrogens (tertiary/aromatic N) is 2. The van der Waals surface area contributed by atoms with Crippen molar-refractivity contribution in [3.05, 3.63) is 81.5 Å². The Morgan fingerprint density at radius 1 is 1.18 bits per heavy atom.